The zero-order chi connectivity index (χ0) is 25.2. The fraction of sp³-hybridized carbons (Fsp3) is 0.385. The molecule has 0 saturated carbocycles. The van der Waals surface area contributed by atoms with E-state index in [1.807, 2.05) is 26.0 Å². The van der Waals surface area contributed by atoms with Crippen molar-refractivity contribution in [2.75, 3.05) is 19.8 Å². The van der Waals surface area contributed by atoms with Crippen LogP contribution in [0.5, 0.6) is 0 Å². The van der Waals surface area contributed by atoms with Gasteiger partial charge in [-0.05, 0) is 92.6 Å². The summed E-state index contributed by atoms with van der Waals surface area (Å²) in [7, 11) is -3.98. The van der Waals surface area contributed by atoms with Crippen molar-refractivity contribution in [3.05, 3.63) is 75.1 Å². The minimum absolute atomic E-state index is 0.0345. The van der Waals surface area contributed by atoms with Crippen molar-refractivity contribution in [3.8, 4) is 0 Å². The van der Waals surface area contributed by atoms with Gasteiger partial charge in [0.15, 0.2) is 0 Å². The van der Waals surface area contributed by atoms with Crippen molar-refractivity contribution >= 4 is 26.9 Å². The minimum atomic E-state index is -3.98. The summed E-state index contributed by atoms with van der Waals surface area (Å²) in [5.41, 5.74) is 3.16. The molecule has 3 aromatic rings. The van der Waals surface area contributed by atoms with Crippen LogP contribution in [0.25, 0.3) is 10.9 Å². The lowest BCUT2D eigenvalue weighted by molar-refractivity contribution is 0.0526. The Morgan fingerprint density at radius 3 is 2.51 bits per heavy atom. The molecule has 0 radical (unpaired) electrons. The van der Waals surface area contributed by atoms with Crippen LogP contribution in [0.2, 0.25) is 0 Å². The van der Waals surface area contributed by atoms with E-state index in [0.717, 1.165) is 29.4 Å². The molecule has 0 unspecified atom stereocenters. The smallest absolute Gasteiger partial charge is 0.338 e. The number of hydrogen-bond acceptors (Lipinski definition) is 6. The number of carbonyl (C=O) groups excluding carboxylic acids is 1. The van der Waals surface area contributed by atoms with Gasteiger partial charge in [0.05, 0.1) is 23.2 Å². The quantitative estimate of drug-likeness (QED) is 0.475. The van der Waals surface area contributed by atoms with E-state index in [1.54, 1.807) is 13.0 Å². The van der Waals surface area contributed by atoms with Gasteiger partial charge >= 0.3 is 5.97 Å². The van der Waals surface area contributed by atoms with Crippen molar-refractivity contribution in [2.24, 2.45) is 0 Å². The van der Waals surface area contributed by atoms with Crippen LogP contribution in [-0.2, 0) is 26.0 Å². The van der Waals surface area contributed by atoms with Crippen LogP contribution in [0, 0.1) is 13.8 Å². The number of aromatic amines is 1. The van der Waals surface area contributed by atoms with Crippen LogP contribution in [0.1, 0.15) is 46.8 Å². The third kappa shape index (κ3) is 5.47. The number of ether oxygens (including phenoxy) is 2. The predicted octanol–water partition coefficient (Wildman–Crippen LogP) is 3.69. The first-order chi connectivity index (χ1) is 16.7. The van der Waals surface area contributed by atoms with Gasteiger partial charge in [0.25, 0.3) is 5.56 Å². The molecule has 0 amide bonds. The predicted molar refractivity (Wildman–Crippen MR) is 133 cm³/mol. The van der Waals surface area contributed by atoms with Gasteiger partial charge in [-0.15, -0.1) is 0 Å². The van der Waals surface area contributed by atoms with Gasteiger partial charge in [0, 0.05) is 30.8 Å². The molecule has 2 heterocycles. The van der Waals surface area contributed by atoms with Gasteiger partial charge in [-0.25, -0.2) is 13.2 Å². The summed E-state index contributed by atoms with van der Waals surface area (Å²) < 4.78 is 39.3. The van der Waals surface area contributed by atoms with Gasteiger partial charge < -0.3 is 14.5 Å². The van der Waals surface area contributed by atoms with E-state index < -0.39 is 16.0 Å². The Bertz CT molecular complexity index is 1390. The molecule has 1 aliphatic heterocycles. The maximum absolute atomic E-state index is 13.6. The number of sulfonamides is 1. The maximum Gasteiger partial charge on any atom is 0.338 e. The van der Waals surface area contributed by atoms with Crippen LogP contribution in [-0.4, -0.2) is 49.5 Å². The summed E-state index contributed by atoms with van der Waals surface area (Å²) in [4.78, 5) is 27.8. The third-order valence-corrected chi connectivity index (χ3v) is 8.14. The Balaban J connectivity index is 1.69. The van der Waals surface area contributed by atoms with Gasteiger partial charge in [-0.3, -0.25) is 4.79 Å². The molecule has 1 aromatic heterocycles. The lowest BCUT2D eigenvalue weighted by Gasteiger charge is -2.25. The number of rotatable bonds is 8. The van der Waals surface area contributed by atoms with Crippen molar-refractivity contribution in [1.29, 1.82) is 0 Å². The molecule has 2 aromatic carbocycles. The number of H-pyrrole nitrogens is 1. The van der Waals surface area contributed by atoms with E-state index in [0.29, 0.717) is 17.7 Å². The first kappa shape index (κ1) is 25.1. The number of aryl methyl sites for hydroxylation is 2. The highest BCUT2D eigenvalue weighted by Crippen LogP contribution is 2.24. The maximum atomic E-state index is 13.6. The zero-order valence-electron chi connectivity index (χ0n) is 20.2. The third-order valence-electron chi connectivity index (χ3n) is 6.32. The minimum Gasteiger partial charge on any atom is -0.462 e. The molecule has 1 N–H and O–H groups in total. The normalized spacial score (nSPS) is 16.2. The van der Waals surface area contributed by atoms with Gasteiger partial charge in [-0.1, -0.05) is 0 Å². The molecule has 9 heteroatoms. The number of nitrogens with one attached hydrogen (secondary N) is 1. The van der Waals surface area contributed by atoms with Crippen LogP contribution >= 0.6 is 0 Å². The Labute approximate surface area is 204 Å². The van der Waals surface area contributed by atoms with E-state index in [2.05, 4.69) is 4.98 Å². The van der Waals surface area contributed by atoms with Crippen molar-refractivity contribution in [2.45, 2.75) is 51.2 Å². The highest BCUT2D eigenvalue weighted by molar-refractivity contribution is 7.89. The Hall–Kier alpha value is -3.01. The van der Waals surface area contributed by atoms with E-state index >= 15 is 0 Å². The first-order valence-corrected chi connectivity index (χ1v) is 13.1. The Morgan fingerprint density at radius 1 is 1.14 bits per heavy atom. The second-order valence-corrected chi connectivity index (χ2v) is 10.8. The van der Waals surface area contributed by atoms with Crippen molar-refractivity contribution < 1.29 is 22.7 Å². The number of aromatic nitrogens is 1. The second-order valence-electron chi connectivity index (χ2n) is 8.82. The van der Waals surface area contributed by atoms with Crippen LogP contribution in [0.15, 0.2) is 52.2 Å². The van der Waals surface area contributed by atoms with Crippen LogP contribution in [0.4, 0.5) is 0 Å². The molecular formula is C26H30N2O6S. The molecule has 4 rings (SSSR count). The molecule has 186 valence electrons. The van der Waals surface area contributed by atoms with E-state index in [-0.39, 0.29) is 41.8 Å². The second kappa shape index (κ2) is 10.3. The van der Waals surface area contributed by atoms with Crippen LogP contribution < -0.4 is 5.56 Å². The summed E-state index contributed by atoms with van der Waals surface area (Å²) >= 11 is 0. The molecule has 35 heavy (non-hydrogen) atoms. The monoisotopic (exact) mass is 498 g/mol. The van der Waals surface area contributed by atoms with Crippen LogP contribution in [0.3, 0.4) is 0 Å². The number of benzene rings is 2. The number of pyridine rings is 1. The molecule has 0 spiro atoms. The SMILES string of the molecule is CCOC(=O)c1ccc(S(=O)(=O)N(Cc2cc3cc(C)c(C)cc3[nH]c2=O)C[C@H]2CCCO2)cc1. The standard InChI is InChI=1S/C26H30N2O6S/c1-4-33-26(30)19-7-9-23(10-8-19)35(31,32)28(16-22-6-5-11-34-22)15-21-14-20-12-17(2)18(3)13-24(20)27-25(21)29/h7-10,12-14,22H,4-6,11,15-16H2,1-3H3,(H,27,29)/t22-/m1/s1. The zero-order valence-corrected chi connectivity index (χ0v) is 21.0. The topological polar surface area (TPSA) is 106 Å². The average molecular weight is 499 g/mol. The Kier molecular flexibility index (Phi) is 7.39. The molecule has 1 fully saturated rings. The van der Waals surface area contributed by atoms with E-state index in [4.69, 9.17) is 9.47 Å². The molecule has 1 atom stereocenters. The summed E-state index contributed by atoms with van der Waals surface area (Å²) in [5, 5.41) is 0.843. The van der Waals surface area contributed by atoms with Gasteiger partial charge in [0.2, 0.25) is 10.0 Å². The van der Waals surface area contributed by atoms with Gasteiger partial charge in [-0.2, -0.15) is 4.31 Å². The molecular weight excluding hydrogens is 468 g/mol. The fourth-order valence-electron chi connectivity index (χ4n) is 4.22. The molecule has 0 bridgehead atoms. The largest absolute Gasteiger partial charge is 0.462 e. The molecule has 1 aliphatic rings. The number of esters is 1. The van der Waals surface area contributed by atoms with E-state index in [9.17, 15) is 18.0 Å². The number of carbonyl (C=O) groups is 1. The molecule has 1 saturated heterocycles. The van der Waals surface area contributed by atoms with Gasteiger partial charge in [0.1, 0.15) is 0 Å². The van der Waals surface area contributed by atoms with Crippen molar-refractivity contribution in [3.63, 3.8) is 0 Å². The highest BCUT2D eigenvalue weighted by Gasteiger charge is 2.30. The number of fused-ring (bicyclic) bond motifs is 1. The summed E-state index contributed by atoms with van der Waals surface area (Å²) in [6.07, 6.45) is 1.37. The highest BCUT2D eigenvalue weighted by atomic mass is 32.2. The Morgan fingerprint density at radius 2 is 1.86 bits per heavy atom. The van der Waals surface area contributed by atoms with Crippen molar-refractivity contribution in [1.82, 2.24) is 9.29 Å². The fourth-order valence-corrected chi connectivity index (χ4v) is 5.67. The average Bonchev–Trinajstić information content (AvgIpc) is 3.34. The number of hydrogen-bond donors (Lipinski definition) is 1. The van der Waals surface area contributed by atoms with E-state index in [1.165, 1.54) is 28.6 Å². The summed E-state index contributed by atoms with van der Waals surface area (Å²) in [6, 6.07) is 11.3. The lowest BCUT2D eigenvalue weighted by atomic mass is 10.0. The molecule has 0 aliphatic carbocycles. The summed E-state index contributed by atoms with van der Waals surface area (Å²) in [5.74, 6) is -0.513. The summed E-state index contributed by atoms with van der Waals surface area (Å²) in [6.45, 7) is 6.52. The lowest BCUT2D eigenvalue weighted by Crippen LogP contribution is -2.38. The molecule has 8 nitrogen and oxygen atoms in total. The number of nitrogens with zero attached hydrogens (tertiary/aromatic N) is 1. The first-order valence-electron chi connectivity index (χ1n) is 11.7.